The van der Waals surface area contributed by atoms with Gasteiger partial charge in [-0.1, -0.05) is 25.7 Å². The SMILES string of the molecule is CCOc1ccc(S(=O)(=O)Nc2ccc(NC3CCCCCC3)nn2)cc1. The standard InChI is InChI=1S/C19H26N4O3S/c1-2-26-16-9-11-17(12-10-16)27(24,25)23-19-14-13-18(21-22-19)20-15-7-5-3-4-6-8-15/h9-15H,2-8H2,1H3,(H,20,21)(H,22,23). The van der Waals surface area contributed by atoms with E-state index in [-0.39, 0.29) is 10.7 Å². The summed E-state index contributed by atoms with van der Waals surface area (Å²) in [6, 6.07) is 10.1. The Morgan fingerprint density at radius 2 is 1.59 bits per heavy atom. The van der Waals surface area contributed by atoms with Crippen LogP contribution in [-0.2, 0) is 10.0 Å². The summed E-state index contributed by atoms with van der Waals surface area (Å²) in [5.41, 5.74) is 0. The molecule has 2 N–H and O–H groups in total. The number of benzene rings is 1. The third-order valence-electron chi connectivity index (χ3n) is 4.56. The van der Waals surface area contributed by atoms with E-state index in [1.165, 1.54) is 37.8 Å². The number of sulfonamides is 1. The van der Waals surface area contributed by atoms with Gasteiger partial charge in [0.1, 0.15) is 11.6 Å². The number of rotatable bonds is 7. The molecule has 146 valence electrons. The van der Waals surface area contributed by atoms with Crippen LogP contribution in [0.3, 0.4) is 0 Å². The smallest absolute Gasteiger partial charge is 0.263 e. The molecule has 7 nitrogen and oxygen atoms in total. The summed E-state index contributed by atoms with van der Waals surface area (Å²) in [6.45, 7) is 2.40. The van der Waals surface area contributed by atoms with E-state index in [1.807, 2.05) is 6.92 Å². The first-order valence-electron chi connectivity index (χ1n) is 9.43. The number of nitrogens with zero attached hydrogens (tertiary/aromatic N) is 2. The van der Waals surface area contributed by atoms with Crippen molar-refractivity contribution in [3.63, 3.8) is 0 Å². The molecule has 0 unspecified atom stereocenters. The van der Waals surface area contributed by atoms with Crippen LogP contribution < -0.4 is 14.8 Å². The van der Waals surface area contributed by atoms with E-state index in [1.54, 1.807) is 24.3 Å². The molecule has 8 heteroatoms. The maximum absolute atomic E-state index is 12.5. The van der Waals surface area contributed by atoms with Gasteiger partial charge in [-0.15, -0.1) is 10.2 Å². The molecule has 0 atom stereocenters. The Bertz CT molecular complexity index is 815. The first-order chi connectivity index (χ1) is 13.1. The van der Waals surface area contributed by atoms with Crippen LogP contribution in [0.25, 0.3) is 0 Å². The van der Waals surface area contributed by atoms with Gasteiger partial charge in [-0.2, -0.15) is 0 Å². The van der Waals surface area contributed by atoms with Gasteiger partial charge in [-0.3, -0.25) is 4.72 Å². The normalized spacial score (nSPS) is 15.7. The zero-order valence-corrected chi connectivity index (χ0v) is 16.3. The monoisotopic (exact) mass is 390 g/mol. The Kier molecular flexibility index (Phi) is 6.49. The number of hydrogen-bond donors (Lipinski definition) is 2. The molecule has 1 heterocycles. The first kappa shape index (κ1) is 19.4. The van der Waals surface area contributed by atoms with Crippen molar-refractivity contribution in [3.8, 4) is 5.75 Å². The summed E-state index contributed by atoms with van der Waals surface area (Å²) < 4.78 is 32.7. The molecule has 0 saturated heterocycles. The summed E-state index contributed by atoms with van der Waals surface area (Å²) in [7, 11) is -3.72. The second-order valence-corrected chi connectivity index (χ2v) is 8.33. The van der Waals surface area contributed by atoms with Crippen LogP contribution >= 0.6 is 0 Å². The lowest BCUT2D eigenvalue weighted by Crippen LogP contribution is -2.19. The molecule has 1 aromatic carbocycles. The molecular formula is C19H26N4O3S. The molecule has 0 aliphatic heterocycles. The molecule has 2 aromatic rings. The largest absolute Gasteiger partial charge is 0.494 e. The zero-order valence-electron chi connectivity index (χ0n) is 15.5. The molecule has 0 bridgehead atoms. The van der Waals surface area contributed by atoms with Gasteiger partial charge in [-0.25, -0.2) is 8.42 Å². The molecule has 0 amide bonds. The van der Waals surface area contributed by atoms with E-state index in [9.17, 15) is 8.42 Å². The summed E-state index contributed by atoms with van der Waals surface area (Å²) >= 11 is 0. The van der Waals surface area contributed by atoms with Gasteiger partial charge in [0, 0.05) is 6.04 Å². The Balaban J connectivity index is 1.62. The van der Waals surface area contributed by atoms with Crippen LogP contribution in [0.5, 0.6) is 5.75 Å². The molecule has 1 aliphatic rings. The number of aromatic nitrogens is 2. The topological polar surface area (TPSA) is 93.2 Å². The summed E-state index contributed by atoms with van der Waals surface area (Å²) in [6.07, 6.45) is 7.30. The lowest BCUT2D eigenvalue weighted by atomic mass is 10.1. The van der Waals surface area contributed by atoms with E-state index in [0.717, 1.165) is 12.8 Å². The predicted octanol–water partition coefficient (Wildman–Crippen LogP) is 3.81. The Hall–Kier alpha value is -2.35. The Labute approximate surface area is 160 Å². The molecule has 1 saturated carbocycles. The third kappa shape index (κ3) is 5.56. The minimum Gasteiger partial charge on any atom is -0.494 e. The van der Waals surface area contributed by atoms with E-state index in [4.69, 9.17) is 4.74 Å². The van der Waals surface area contributed by atoms with Crippen molar-refractivity contribution in [2.45, 2.75) is 56.4 Å². The van der Waals surface area contributed by atoms with E-state index in [2.05, 4.69) is 20.2 Å². The summed E-state index contributed by atoms with van der Waals surface area (Å²) in [5, 5.41) is 11.5. The quantitative estimate of drug-likeness (QED) is 0.698. The molecule has 3 rings (SSSR count). The second kappa shape index (κ2) is 9.03. The van der Waals surface area contributed by atoms with Crippen molar-refractivity contribution >= 4 is 21.7 Å². The highest BCUT2D eigenvalue weighted by atomic mass is 32.2. The van der Waals surface area contributed by atoms with Crippen molar-refractivity contribution in [1.82, 2.24) is 10.2 Å². The summed E-state index contributed by atoms with van der Waals surface area (Å²) in [5.74, 6) is 1.49. The number of hydrogen-bond acceptors (Lipinski definition) is 6. The molecule has 1 fully saturated rings. The minimum atomic E-state index is -3.72. The van der Waals surface area contributed by atoms with Crippen molar-refractivity contribution in [2.24, 2.45) is 0 Å². The van der Waals surface area contributed by atoms with Gasteiger partial charge in [-0.05, 0) is 56.2 Å². The fourth-order valence-electron chi connectivity index (χ4n) is 3.17. The molecule has 27 heavy (non-hydrogen) atoms. The molecular weight excluding hydrogens is 364 g/mol. The Morgan fingerprint density at radius 1 is 0.963 bits per heavy atom. The van der Waals surface area contributed by atoms with Crippen molar-refractivity contribution in [2.75, 3.05) is 16.6 Å². The lowest BCUT2D eigenvalue weighted by molar-refractivity contribution is 0.340. The van der Waals surface area contributed by atoms with Crippen molar-refractivity contribution in [1.29, 1.82) is 0 Å². The second-order valence-electron chi connectivity index (χ2n) is 6.65. The van der Waals surface area contributed by atoms with Crippen LogP contribution in [-0.4, -0.2) is 31.3 Å². The average Bonchev–Trinajstić information content (AvgIpc) is 2.93. The van der Waals surface area contributed by atoms with E-state index >= 15 is 0 Å². The maximum atomic E-state index is 12.5. The molecule has 0 spiro atoms. The number of ether oxygens (including phenoxy) is 1. The highest BCUT2D eigenvalue weighted by Crippen LogP contribution is 2.21. The first-order valence-corrected chi connectivity index (χ1v) is 10.9. The van der Waals surface area contributed by atoms with Gasteiger partial charge in [0.15, 0.2) is 5.82 Å². The van der Waals surface area contributed by atoms with Gasteiger partial charge >= 0.3 is 0 Å². The highest BCUT2D eigenvalue weighted by Gasteiger charge is 2.16. The minimum absolute atomic E-state index is 0.147. The van der Waals surface area contributed by atoms with Gasteiger partial charge in [0.05, 0.1) is 11.5 Å². The summed E-state index contributed by atoms with van der Waals surface area (Å²) in [4.78, 5) is 0.147. The fraction of sp³-hybridized carbons (Fsp3) is 0.474. The average molecular weight is 391 g/mol. The van der Waals surface area contributed by atoms with Crippen LogP contribution in [0.2, 0.25) is 0 Å². The van der Waals surface area contributed by atoms with E-state index < -0.39 is 10.0 Å². The lowest BCUT2D eigenvalue weighted by Gasteiger charge is -2.16. The number of nitrogens with one attached hydrogen (secondary N) is 2. The van der Waals surface area contributed by atoms with Crippen LogP contribution in [0.15, 0.2) is 41.3 Å². The van der Waals surface area contributed by atoms with E-state index in [0.29, 0.717) is 24.2 Å². The van der Waals surface area contributed by atoms with Crippen molar-refractivity contribution < 1.29 is 13.2 Å². The van der Waals surface area contributed by atoms with Crippen molar-refractivity contribution in [3.05, 3.63) is 36.4 Å². The predicted molar refractivity (Wildman–Crippen MR) is 106 cm³/mol. The zero-order chi connectivity index (χ0) is 19.1. The highest BCUT2D eigenvalue weighted by molar-refractivity contribution is 7.92. The van der Waals surface area contributed by atoms with Gasteiger partial charge < -0.3 is 10.1 Å². The van der Waals surface area contributed by atoms with Crippen LogP contribution in [0, 0.1) is 0 Å². The third-order valence-corrected chi connectivity index (χ3v) is 5.93. The maximum Gasteiger partial charge on any atom is 0.263 e. The molecule has 1 aromatic heterocycles. The van der Waals surface area contributed by atoms with Crippen LogP contribution in [0.4, 0.5) is 11.6 Å². The molecule has 1 aliphatic carbocycles. The Morgan fingerprint density at radius 3 is 2.19 bits per heavy atom. The van der Waals surface area contributed by atoms with Gasteiger partial charge in [0.2, 0.25) is 0 Å². The fourth-order valence-corrected chi connectivity index (χ4v) is 4.17. The molecule has 0 radical (unpaired) electrons. The number of anilines is 2. The van der Waals surface area contributed by atoms with Crippen LogP contribution in [0.1, 0.15) is 45.4 Å². The van der Waals surface area contributed by atoms with Gasteiger partial charge in [0.25, 0.3) is 10.0 Å².